The number of hydrogen-bond donors (Lipinski definition) is 3. The van der Waals surface area contributed by atoms with E-state index in [1.54, 1.807) is 12.1 Å². The van der Waals surface area contributed by atoms with Crippen LogP contribution in [0.4, 0.5) is 0 Å². The van der Waals surface area contributed by atoms with Crippen molar-refractivity contribution >= 4 is 10.9 Å². The lowest BCUT2D eigenvalue weighted by Crippen LogP contribution is -2.36. The monoisotopic (exact) mass is 338 g/mol. The number of para-hydroxylation sites is 2. The van der Waals surface area contributed by atoms with E-state index in [1.165, 1.54) is 5.56 Å². The third-order valence-corrected chi connectivity index (χ3v) is 4.67. The second kappa shape index (κ2) is 6.69. The molecule has 1 aliphatic rings. The average Bonchev–Trinajstić information content (AvgIpc) is 3.02. The molecule has 0 saturated carbocycles. The zero-order chi connectivity index (χ0) is 17.2. The average molecular weight is 338 g/mol. The Bertz CT molecular complexity index is 874. The van der Waals surface area contributed by atoms with Crippen LogP contribution in [0.1, 0.15) is 18.4 Å². The lowest BCUT2D eigenvalue weighted by atomic mass is 10.0. The van der Waals surface area contributed by atoms with Gasteiger partial charge >= 0.3 is 0 Å². The summed E-state index contributed by atoms with van der Waals surface area (Å²) < 4.78 is 11.7. The number of aromatic amines is 1. The quantitative estimate of drug-likeness (QED) is 0.666. The van der Waals surface area contributed by atoms with Gasteiger partial charge in [0.2, 0.25) is 0 Å². The molecule has 3 aromatic rings. The second-order valence-electron chi connectivity index (χ2n) is 6.58. The van der Waals surface area contributed by atoms with Crippen LogP contribution < -0.4 is 15.2 Å². The summed E-state index contributed by atoms with van der Waals surface area (Å²) >= 11 is 0. The number of aromatic hydroxyl groups is 1. The normalized spacial score (nSPS) is 17.6. The summed E-state index contributed by atoms with van der Waals surface area (Å²) in [6.07, 6.45) is 4.44. The minimum atomic E-state index is -0.0167. The highest BCUT2D eigenvalue weighted by Crippen LogP contribution is 2.32. The van der Waals surface area contributed by atoms with Crippen molar-refractivity contribution in [3.05, 3.63) is 54.2 Å². The largest absolute Gasteiger partial charge is 0.508 e. The molecule has 5 heteroatoms. The Morgan fingerprint density at radius 3 is 2.92 bits per heavy atom. The van der Waals surface area contributed by atoms with Crippen LogP contribution in [-0.4, -0.2) is 28.8 Å². The van der Waals surface area contributed by atoms with Crippen molar-refractivity contribution < 1.29 is 14.6 Å². The summed E-state index contributed by atoms with van der Waals surface area (Å²) in [4.78, 5) is 3.23. The summed E-state index contributed by atoms with van der Waals surface area (Å²) in [6.45, 7) is 0.533. The number of aromatic nitrogens is 1. The SMILES string of the molecule is NC(CCc1c[nH]c2ccc(O)cc12)CC1COc2ccccc2O1. The van der Waals surface area contributed by atoms with Gasteiger partial charge in [0.15, 0.2) is 11.5 Å². The molecule has 4 rings (SSSR count). The van der Waals surface area contributed by atoms with E-state index in [2.05, 4.69) is 4.98 Å². The van der Waals surface area contributed by atoms with Crippen LogP contribution in [0.5, 0.6) is 17.2 Å². The maximum absolute atomic E-state index is 9.68. The van der Waals surface area contributed by atoms with Crippen molar-refractivity contribution in [2.75, 3.05) is 6.61 Å². The molecule has 2 atom stereocenters. The van der Waals surface area contributed by atoms with Gasteiger partial charge in [-0.05, 0) is 48.7 Å². The van der Waals surface area contributed by atoms with Gasteiger partial charge in [0.25, 0.3) is 0 Å². The molecule has 0 aliphatic carbocycles. The zero-order valence-corrected chi connectivity index (χ0v) is 13.9. The Kier molecular flexibility index (Phi) is 4.24. The minimum absolute atomic E-state index is 0.0167. The third-order valence-electron chi connectivity index (χ3n) is 4.67. The number of phenols is 1. The number of fused-ring (bicyclic) bond motifs is 2. The maximum Gasteiger partial charge on any atom is 0.161 e. The van der Waals surface area contributed by atoms with Crippen molar-refractivity contribution in [3.63, 3.8) is 0 Å². The smallest absolute Gasteiger partial charge is 0.161 e. The number of phenolic OH excluding ortho intramolecular Hbond substituents is 1. The molecule has 2 heterocycles. The highest BCUT2D eigenvalue weighted by molar-refractivity contribution is 5.84. The first-order valence-corrected chi connectivity index (χ1v) is 8.62. The number of aryl methyl sites for hydroxylation is 1. The summed E-state index contributed by atoms with van der Waals surface area (Å²) in [7, 11) is 0. The fourth-order valence-electron chi connectivity index (χ4n) is 3.35. The van der Waals surface area contributed by atoms with E-state index in [4.69, 9.17) is 15.2 Å². The van der Waals surface area contributed by atoms with Gasteiger partial charge in [0, 0.05) is 29.6 Å². The fourth-order valence-corrected chi connectivity index (χ4v) is 3.35. The van der Waals surface area contributed by atoms with Crippen molar-refractivity contribution in [3.8, 4) is 17.2 Å². The standard InChI is InChI=1S/C20H22N2O3/c21-14(9-16-12-24-19-3-1-2-4-20(19)25-16)6-5-13-11-22-18-8-7-15(23)10-17(13)18/h1-4,7-8,10-11,14,16,22-23H,5-6,9,12,21H2. The summed E-state index contributed by atoms with van der Waals surface area (Å²) in [5.74, 6) is 1.87. The summed E-state index contributed by atoms with van der Waals surface area (Å²) in [5.41, 5.74) is 8.52. The molecule has 130 valence electrons. The van der Waals surface area contributed by atoms with E-state index in [-0.39, 0.29) is 17.9 Å². The van der Waals surface area contributed by atoms with Gasteiger partial charge in [-0.25, -0.2) is 0 Å². The maximum atomic E-state index is 9.68. The molecule has 0 radical (unpaired) electrons. The molecule has 0 fully saturated rings. The van der Waals surface area contributed by atoms with Crippen LogP contribution in [0, 0.1) is 0 Å². The first kappa shape index (κ1) is 15.8. The Balaban J connectivity index is 1.35. The van der Waals surface area contributed by atoms with E-state index >= 15 is 0 Å². The molecule has 4 N–H and O–H groups in total. The molecular formula is C20H22N2O3. The van der Waals surface area contributed by atoms with Crippen LogP contribution >= 0.6 is 0 Å². The summed E-state index contributed by atoms with van der Waals surface area (Å²) in [5, 5.41) is 10.7. The lowest BCUT2D eigenvalue weighted by Gasteiger charge is -2.28. The van der Waals surface area contributed by atoms with E-state index in [0.29, 0.717) is 6.61 Å². The van der Waals surface area contributed by atoms with Crippen LogP contribution in [0.25, 0.3) is 10.9 Å². The van der Waals surface area contributed by atoms with Gasteiger partial charge in [-0.1, -0.05) is 12.1 Å². The molecule has 1 aromatic heterocycles. The highest BCUT2D eigenvalue weighted by Gasteiger charge is 2.22. The van der Waals surface area contributed by atoms with Crippen LogP contribution in [0.2, 0.25) is 0 Å². The molecular weight excluding hydrogens is 316 g/mol. The Morgan fingerprint density at radius 1 is 1.20 bits per heavy atom. The van der Waals surface area contributed by atoms with Gasteiger partial charge in [-0.15, -0.1) is 0 Å². The lowest BCUT2D eigenvalue weighted by molar-refractivity contribution is 0.0792. The van der Waals surface area contributed by atoms with E-state index in [0.717, 1.165) is 41.7 Å². The molecule has 2 unspecified atom stereocenters. The molecule has 0 bridgehead atoms. The molecule has 0 saturated heterocycles. The van der Waals surface area contributed by atoms with E-state index in [9.17, 15) is 5.11 Å². The number of nitrogens with two attached hydrogens (primary N) is 1. The summed E-state index contributed by atoms with van der Waals surface area (Å²) in [6, 6.07) is 13.1. The number of hydrogen-bond acceptors (Lipinski definition) is 4. The number of ether oxygens (including phenoxy) is 2. The van der Waals surface area contributed by atoms with Gasteiger partial charge in [-0.2, -0.15) is 0 Å². The molecule has 25 heavy (non-hydrogen) atoms. The first-order valence-electron chi connectivity index (χ1n) is 8.62. The van der Waals surface area contributed by atoms with Crippen molar-refractivity contribution in [2.24, 2.45) is 5.73 Å². The predicted molar refractivity (Wildman–Crippen MR) is 97.2 cm³/mol. The van der Waals surface area contributed by atoms with Gasteiger partial charge in [-0.3, -0.25) is 0 Å². The van der Waals surface area contributed by atoms with Crippen LogP contribution in [-0.2, 0) is 6.42 Å². The van der Waals surface area contributed by atoms with Crippen molar-refractivity contribution in [1.29, 1.82) is 0 Å². The van der Waals surface area contributed by atoms with Gasteiger partial charge in [0.1, 0.15) is 18.5 Å². The third kappa shape index (κ3) is 3.42. The van der Waals surface area contributed by atoms with E-state index in [1.807, 2.05) is 36.5 Å². The number of benzene rings is 2. The Hall–Kier alpha value is -2.66. The van der Waals surface area contributed by atoms with Gasteiger partial charge < -0.3 is 25.3 Å². The number of H-pyrrole nitrogens is 1. The van der Waals surface area contributed by atoms with Crippen molar-refractivity contribution in [1.82, 2.24) is 4.98 Å². The second-order valence-corrected chi connectivity index (χ2v) is 6.58. The Labute approximate surface area is 146 Å². The fraction of sp³-hybridized carbons (Fsp3) is 0.300. The topological polar surface area (TPSA) is 80.5 Å². The van der Waals surface area contributed by atoms with Gasteiger partial charge in [0.05, 0.1) is 0 Å². The Morgan fingerprint density at radius 2 is 2.04 bits per heavy atom. The van der Waals surface area contributed by atoms with Crippen LogP contribution in [0.3, 0.4) is 0 Å². The van der Waals surface area contributed by atoms with Crippen LogP contribution in [0.15, 0.2) is 48.7 Å². The molecule has 5 nitrogen and oxygen atoms in total. The predicted octanol–water partition coefficient (Wildman–Crippen LogP) is 3.36. The van der Waals surface area contributed by atoms with Crippen molar-refractivity contribution in [2.45, 2.75) is 31.4 Å². The zero-order valence-electron chi connectivity index (χ0n) is 13.9. The minimum Gasteiger partial charge on any atom is -0.508 e. The number of rotatable bonds is 5. The van der Waals surface area contributed by atoms with E-state index < -0.39 is 0 Å². The highest BCUT2D eigenvalue weighted by atomic mass is 16.6. The first-order chi connectivity index (χ1) is 12.2. The number of nitrogens with one attached hydrogen (secondary N) is 1. The molecule has 0 spiro atoms. The molecule has 1 aliphatic heterocycles. The molecule has 2 aromatic carbocycles. The molecule has 0 amide bonds.